The predicted octanol–water partition coefficient (Wildman–Crippen LogP) is 3.03. The van der Waals surface area contributed by atoms with Gasteiger partial charge in [-0.1, -0.05) is 35.9 Å². The number of carbonyl (C=O) groups excluding carboxylic acids is 1. The summed E-state index contributed by atoms with van der Waals surface area (Å²) in [4.78, 5) is 28.4. The van der Waals surface area contributed by atoms with E-state index in [0.29, 0.717) is 45.1 Å². The van der Waals surface area contributed by atoms with E-state index in [1.54, 1.807) is 15.5 Å². The summed E-state index contributed by atoms with van der Waals surface area (Å²) in [6, 6.07) is 19.0. The first-order chi connectivity index (χ1) is 19.7. The summed E-state index contributed by atoms with van der Waals surface area (Å²) in [6.07, 6.45) is 2.59. The van der Waals surface area contributed by atoms with Gasteiger partial charge in [0.1, 0.15) is 30.3 Å². The van der Waals surface area contributed by atoms with Crippen molar-refractivity contribution in [1.29, 1.82) is 0 Å². The lowest BCUT2D eigenvalue weighted by Crippen LogP contribution is -2.52. The number of hydrogen-bond acceptors (Lipinski definition) is 7. The van der Waals surface area contributed by atoms with Gasteiger partial charge in [-0.2, -0.15) is 0 Å². The molecule has 1 aliphatic rings. The zero-order valence-corrected chi connectivity index (χ0v) is 24.3. The number of nitrogens with zero attached hydrogens (tertiary/aromatic N) is 3. The van der Waals surface area contributed by atoms with Crippen LogP contribution in [0.25, 0.3) is 0 Å². The van der Waals surface area contributed by atoms with E-state index in [1.165, 1.54) is 7.11 Å². The van der Waals surface area contributed by atoms with Crippen molar-refractivity contribution in [2.24, 2.45) is 0 Å². The van der Waals surface area contributed by atoms with Crippen molar-refractivity contribution < 1.29 is 24.1 Å². The molecule has 0 bridgehead atoms. The third-order valence-corrected chi connectivity index (χ3v) is 7.11. The summed E-state index contributed by atoms with van der Waals surface area (Å²) in [7, 11) is 1.49. The minimum atomic E-state index is -1.26. The minimum absolute atomic E-state index is 0.00624. The molecule has 2 aromatic carbocycles. The molecule has 3 aromatic rings. The van der Waals surface area contributed by atoms with Gasteiger partial charge in [0.25, 0.3) is 5.56 Å². The number of benzene rings is 2. The zero-order valence-electron chi connectivity index (χ0n) is 24.3. The largest absolute Gasteiger partial charge is 0.494 e. The predicted molar refractivity (Wildman–Crippen MR) is 157 cm³/mol. The highest BCUT2D eigenvalue weighted by molar-refractivity contribution is 5.77. The maximum absolute atomic E-state index is 12.7. The lowest BCUT2D eigenvalue weighted by Gasteiger charge is -2.33. The number of amides is 1. The molecule has 9 nitrogen and oxygen atoms in total. The van der Waals surface area contributed by atoms with Gasteiger partial charge in [-0.25, -0.2) is 0 Å². The lowest BCUT2D eigenvalue weighted by molar-refractivity contribution is -0.138. The molecule has 41 heavy (non-hydrogen) atoms. The van der Waals surface area contributed by atoms with E-state index in [-0.39, 0.29) is 31.2 Å². The molecule has 9 heteroatoms. The van der Waals surface area contributed by atoms with E-state index in [9.17, 15) is 14.7 Å². The van der Waals surface area contributed by atoms with Crippen molar-refractivity contribution in [3.05, 3.63) is 93.9 Å². The first-order valence-electron chi connectivity index (χ1n) is 14.0. The Bertz CT molecular complexity index is 1320. The van der Waals surface area contributed by atoms with Crippen molar-refractivity contribution >= 4 is 5.91 Å². The Morgan fingerprint density at radius 1 is 0.902 bits per heavy atom. The molecule has 1 saturated heterocycles. The quantitative estimate of drug-likeness (QED) is 0.339. The Kier molecular flexibility index (Phi) is 10.6. The number of aryl methyl sites for hydroxylation is 3. The first kappa shape index (κ1) is 30.3. The highest BCUT2D eigenvalue weighted by Crippen LogP contribution is 2.21. The lowest BCUT2D eigenvalue weighted by atomic mass is 10.0. The summed E-state index contributed by atoms with van der Waals surface area (Å²) >= 11 is 0. The number of ether oxygens (including phenoxy) is 3. The van der Waals surface area contributed by atoms with Crippen molar-refractivity contribution in [3.63, 3.8) is 0 Å². The topological polar surface area (TPSA) is 93.5 Å². The van der Waals surface area contributed by atoms with Crippen LogP contribution in [0.5, 0.6) is 11.5 Å². The molecule has 0 radical (unpaired) electrons. The van der Waals surface area contributed by atoms with Gasteiger partial charge in [0.05, 0.1) is 13.2 Å². The molecule has 1 amide bonds. The number of aromatic nitrogens is 1. The van der Waals surface area contributed by atoms with Crippen LogP contribution in [0.2, 0.25) is 0 Å². The third-order valence-electron chi connectivity index (χ3n) is 7.11. The van der Waals surface area contributed by atoms with Gasteiger partial charge < -0.3 is 28.8 Å². The number of methoxy groups -OCH3 is 1. The third kappa shape index (κ3) is 9.18. The number of pyridine rings is 1. The van der Waals surface area contributed by atoms with E-state index in [1.807, 2.05) is 74.6 Å². The average Bonchev–Trinajstić information content (AvgIpc) is 3.12. The monoisotopic (exact) mass is 563 g/mol. The van der Waals surface area contributed by atoms with Gasteiger partial charge in [-0.05, 0) is 55.7 Å². The smallest absolute Gasteiger partial charge is 0.250 e. The number of β-amino-alcohol motifs (C(OH)–C–C–N with tert-alkyl or cyclic N) is 1. The summed E-state index contributed by atoms with van der Waals surface area (Å²) in [5.41, 5.74) is 1.99. The zero-order chi connectivity index (χ0) is 29.2. The van der Waals surface area contributed by atoms with Crippen LogP contribution in [0.1, 0.15) is 23.1 Å². The molecule has 0 spiro atoms. The summed E-state index contributed by atoms with van der Waals surface area (Å²) in [5.74, 6) is 1.29. The van der Waals surface area contributed by atoms with Crippen LogP contribution >= 0.6 is 0 Å². The molecular formula is C32H41N3O6. The van der Waals surface area contributed by atoms with Crippen LogP contribution < -0.4 is 15.0 Å². The molecule has 220 valence electrons. The fourth-order valence-corrected chi connectivity index (χ4v) is 4.95. The number of carbonyl (C=O) groups is 1. The number of aliphatic hydroxyl groups is 1. The van der Waals surface area contributed by atoms with Gasteiger partial charge in [-0.3, -0.25) is 14.5 Å². The average molecular weight is 564 g/mol. The summed E-state index contributed by atoms with van der Waals surface area (Å²) < 4.78 is 18.6. The van der Waals surface area contributed by atoms with E-state index in [0.717, 1.165) is 28.9 Å². The molecular weight excluding hydrogens is 522 g/mol. The Hall–Kier alpha value is -3.66. The van der Waals surface area contributed by atoms with E-state index < -0.39 is 5.60 Å². The van der Waals surface area contributed by atoms with Gasteiger partial charge in [-0.15, -0.1) is 0 Å². The SMILES string of the molecule is COCC(=O)N1CCN(Cc2ccc(OCCCn3cc(C)ccc3=O)cc2)C[C@](O)(COc2ccc(C)cc2)C1. The molecule has 1 aliphatic heterocycles. The molecule has 0 aliphatic carbocycles. The van der Waals surface area contributed by atoms with Crippen LogP contribution in [0.15, 0.2) is 71.7 Å². The fourth-order valence-electron chi connectivity index (χ4n) is 4.95. The summed E-state index contributed by atoms with van der Waals surface area (Å²) in [6.45, 7) is 7.34. The standard InChI is InChI=1S/C32H41N3O6/c1-25-5-10-29(11-6-25)41-24-32(38)22-33(16-17-35(23-32)31(37)21-39-3)20-27-8-12-28(13-9-27)40-18-4-15-34-19-26(2)7-14-30(34)36/h5-14,19,38H,4,15-18,20-24H2,1-3H3/t32-/m1/s1. The van der Waals surface area contributed by atoms with E-state index in [4.69, 9.17) is 14.2 Å². The minimum Gasteiger partial charge on any atom is -0.494 e. The fraction of sp³-hybridized carbons (Fsp3) is 0.438. The van der Waals surface area contributed by atoms with Gasteiger partial charge in [0, 0.05) is 52.1 Å². The van der Waals surface area contributed by atoms with Crippen molar-refractivity contribution in [2.75, 3.05) is 53.1 Å². The highest BCUT2D eigenvalue weighted by Gasteiger charge is 2.37. The van der Waals surface area contributed by atoms with Gasteiger partial charge in [0.15, 0.2) is 0 Å². The second-order valence-corrected chi connectivity index (χ2v) is 10.9. The molecule has 4 rings (SSSR count). The summed E-state index contributed by atoms with van der Waals surface area (Å²) in [5, 5.41) is 11.6. The normalized spacial score (nSPS) is 17.7. The van der Waals surface area contributed by atoms with Crippen LogP contribution in [-0.2, 0) is 22.6 Å². The van der Waals surface area contributed by atoms with Crippen LogP contribution in [0.3, 0.4) is 0 Å². The highest BCUT2D eigenvalue weighted by atomic mass is 16.5. The molecule has 2 heterocycles. The van der Waals surface area contributed by atoms with Crippen molar-refractivity contribution in [1.82, 2.24) is 14.4 Å². The van der Waals surface area contributed by atoms with E-state index in [2.05, 4.69) is 4.90 Å². The van der Waals surface area contributed by atoms with Crippen molar-refractivity contribution in [2.45, 2.75) is 39.0 Å². The first-order valence-corrected chi connectivity index (χ1v) is 14.0. The van der Waals surface area contributed by atoms with Crippen LogP contribution in [0.4, 0.5) is 0 Å². The molecule has 0 saturated carbocycles. The number of rotatable bonds is 12. The molecule has 1 aromatic heterocycles. The van der Waals surface area contributed by atoms with Gasteiger partial charge >= 0.3 is 0 Å². The maximum Gasteiger partial charge on any atom is 0.250 e. The molecule has 1 N–H and O–H groups in total. The molecule has 0 unspecified atom stereocenters. The van der Waals surface area contributed by atoms with Crippen LogP contribution in [0, 0.1) is 13.8 Å². The Labute approximate surface area is 241 Å². The molecule has 1 fully saturated rings. The maximum atomic E-state index is 12.7. The van der Waals surface area contributed by atoms with Gasteiger partial charge in [0.2, 0.25) is 5.91 Å². The second kappa shape index (κ2) is 14.3. The number of hydrogen-bond donors (Lipinski definition) is 1. The Balaban J connectivity index is 1.34. The van der Waals surface area contributed by atoms with Crippen LogP contribution in [-0.4, -0.2) is 84.1 Å². The Morgan fingerprint density at radius 2 is 1.59 bits per heavy atom. The van der Waals surface area contributed by atoms with E-state index >= 15 is 0 Å². The second-order valence-electron chi connectivity index (χ2n) is 10.9. The Morgan fingerprint density at radius 3 is 2.32 bits per heavy atom. The van der Waals surface area contributed by atoms with Crippen molar-refractivity contribution in [3.8, 4) is 11.5 Å². The molecule has 1 atom stereocenters.